The van der Waals surface area contributed by atoms with Gasteiger partial charge in [0.25, 0.3) is 0 Å². The molecule has 1 aromatic rings. The van der Waals surface area contributed by atoms with Crippen LogP contribution >= 0.6 is 0 Å². The quantitative estimate of drug-likeness (QED) is 0.504. The standard InChI is InChI=1S/C10H10O6.2Na/c1-15-7-5(9(11)12)3-4-6(10(13)14)8(7)16-2;;/h3-4H,1-2H3,(H,11,12)(H,13,14);;/q;2*+1/p-2. The van der Waals surface area contributed by atoms with E-state index < -0.39 is 11.9 Å². The largest absolute Gasteiger partial charge is 1.00 e. The van der Waals surface area contributed by atoms with Crippen molar-refractivity contribution >= 4 is 11.9 Å². The minimum Gasteiger partial charge on any atom is -0.545 e. The average molecular weight is 270 g/mol. The number of hydrogen-bond acceptors (Lipinski definition) is 6. The van der Waals surface area contributed by atoms with Gasteiger partial charge < -0.3 is 29.3 Å². The van der Waals surface area contributed by atoms with E-state index in [1.54, 1.807) is 0 Å². The van der Waals surface area contributed by atoms with Crippen LogP contribution in [0.3, 0.4) is 0 Å². The zero-order valence-electron chi connectivity index (χ0n) is 10.6. The number of carbonyl (C=O) groups is 2. The first kappa shape index (κ1) is 20.1. The molecular formula is C10H8Na2O6. The fourth-order valence-electron chi connectivity index (χ4n) is 1.29. The molecule has 0 N–H and O–H groups in total. The summed E-state index contributed by atoms with van der Waals surface area (Å²) in [6.45, 7) is 0. The molecule has 0 fully saturated rings. The first-order valence-corrected chi connectivity index (χ1v) is 4.20. The number of carboxylic acid groups (broad SMARTS) is 2. The Balaban J connectivity index is 0. The molecule has 0 aliphatic rings. The third-order valence-electron chi connectivity index (χ3n) is 1.96. The van der Waals surface area contributed by atoms with E-state index in [4.69, 9.17) is 9.47 Å². The van der Waals surface area contributed by atoms with E-state index >= 15 is 0 Å². The van der Waals surface area contributed by atoms with Crippen molar-refractivity contribution in [1.29, 1.82) is 0 Å². The molecule has 0 bridgehead atoms. The molecule has 0 spiro atoms. The van der Waals surface area contributed by atoms with Crippen LogP contribution in [0.4, 0.5) is 0 Å². The van der Waals surface area contributed by atoms with E-state index in [-0.39, 0.29) is 81.7 Å². The number of ether oxygens (including phenoxy) is 2. The number of hydrogen-bond donors (Lipinski definition) is 0. The van der Waals surface area contributed by atoms with Crippen LogP contribution < -0.4 is 78.8 Å². The first-order chi connectivity index (χ1) is 7.52. The van der Waals surface area contributed by atoms with E-state index in [0.717, 1.165) is 12.1 Å². The molecule has 0 aliphatic heterocycles. The van der Waals surface area contributed by atoms with Crippen molar-refractivity contribution in [2.75, 3.05) is 14.2 Å². The molecule has 0 heterocycles. The summed E-state index contributed by atoms with van der Waals surface area (Å²) in [6, 6.07) is 2.11. The van der Waals surface area contributed by atoms with Gasteiger partial charge in [0.2, 0.25) is 0 Å². The van der Waals surface area contributed by atoms with Crippen molar-refractivity contribution in [1.82, 2.24) is 0 Å². The Labute approximate surface area is 148 Å². The summed E-state index contributed by atoms with van der Waals surface area (Å²) >= 11 is 0. The zero-order chi connectivity index (χ0) is 12.3. The minimum absolute atomic E-state index is 0. The Morgan fingerprint density at radius 3 is 1.33 bits per heavy atom. The van der Waals surface area contributed by atoms with E-state index in [2.05, 4.69) is 0 Å². The fraction of sp³-hybridized carbons (Fsp3) is 0.200. The maximum Gasteiger partial charge on any atom is 1.00 e. The summed E-state index contributed by atoms with van der Waals surface area (Å²) < 4.78 is 9.57. The molecule has 0 saturated heterocycles. The van der Waals surface area contributed by atoms with Crippen LogP contribution in [0.1, 0.15) is 20.7 Å². The smallest absolute Gasteiger partial charge is 0.545 e. The summed E-state index contributed by atoms with van der Waals surface area (Å²) in [4.78, 5) is 21.4. The average Bonchev–Trinajstić information content (AvgIpc) is 2.26. The first-order valence-electron chi connectivity index (χ1n) is 4.20. The second-order valence-corrected chi connectivity index (χ2v) is 2.80. The van der Waals surface area contributed by atoms with Gasteiger partial charge in [-0.1, -0.05) is 0 Å². The molecule has 0 atom stereocenters. The molecule has 0 saturated carbocycles. The second-order valence-electron chi connectivity index (χ2n) is 2.80. The maximum atomic E-state index is 10.7. The number of rotatable bonds is 4. The number of carboxylic acids is 2. The topological polar surface area (TPSA) is 98.7 Å². The molecule has 86 valence electrons. The van der Waals surface area contributed by atoms with Crippen LogP contribution in [0, 0.1) is 0 Å². The van der Waals surface area contributed by atoms with Gasteiger partial charge in [-0.25, -0.2) is 0 Å². The predicted octanol–water partition coefficient (Wildman–Crippen LogP) is -7.56. The molecule has 0 aromatic heterocycles. The Bertz CT molecular complexity index is 405. The molecule has 6 nitrogen and oxygen atoms in total. The van der Waals surface area contributed by atoms with Gasteiger partial charge in [-0.2, -0.15) is 0 Å². The van der Waals surface area contributed by atoms with Crippen molar-refractivity contribution in [2.45, 2.75) is 0 Å². The van der Waals surface area contributed by atoms with Crippen molar-refractivity contribution in [3.05, 3.63) is 23.3 Å². The number of carbonyl (C=O) groups excluding carboxylic acids is 2. The van der Waals surface area contributed by atoms with E-state index in [1.807, 2.05) is 0 Å². The van der Waals surface area contributed by atoms with Crippen LogP contribution in [-0.4, -0.2) is 26.2 Å². The predicted molar refractivity (Wildman–Crippen MR) is 48.2 cm³/mol. The number of methoxy groups -OCH3 is 2. The van der Waals surface area contributed by atoms with Gasteiger partial charge in [-0.05, 0) is 12.1 Å². The van der Waals surface area contributed by atoms with Gasteiger partial charge in [0, 0.05) is 11.1 Å². The summed E-state index contributed by atoms with van der Waals surface area (Å²) in [5.74, 6) is -3.38. The Hall–Kier alpha value is -0.240. The van der Waals surface area contributed by atoms with E-state index in [1.165, 1.54) is 14.2 Å². The Morgan fingerprint density at radius 1 is 0.889 bits per heavy atom. The van der Waals surface area contributed by atoms with Gasteiger partial charge >= 0.3 is 59.1 Å². The molecule has 0 unspecified atom stereocenters. The normalized spacial score (nSPS) is 8.56. The molecule has 0 amide bonds. The minimum atomic E-state index is -1.49. The third kappa shape index (κ3) is 4.15. The van der Waals surface area contributed by atoms with Gasteiger partial charge in [0.15, 0.2) is 11.5 Å². The number of benzene rings is 1. The number of aromatic carboxylic acids is 2. The summed E-state index contributed by atoms with van der Waals surface area (Å²) in [6.07, 6.45) is 0. The molecule has 1 rings (SSSR count). The van der Waals surface area contributed by atoms with Crippen molar-refractivity contribution in [3.63, 3.8) is 0 Å². The second kappa shape index (κ2) is 8.79. The van der Waals surface area contributed by atoms with Crippen LogP contribution in [0.2, 0.25) is 0 Å². The van der Waals surface area contributed by atoms with Crippen molar-refractivity contribution in [3.8, 4) is 11.5 Å². The van der Waals surface area contributed by atoms with Crippen LogP contribution in [0.5, 0.6) is 11.5 Å². The fourth-order valence-corrected chi connectivity index (χ4v) is 1.29. The molecular weight excluding hydrogens is 262 g/mol. The van der Waals surface area contributed by atoms with Crippen molar-refractivity contribution in [2.24, 2.45) is 0 Å². The van der Waals surface area contributed by atoms with Gasteiger partial charge in [0.05, 0.1) is 26.2 Å². The molecule has 0 aliphatic carbocycles. The van der Waals surface area contributed by atoms with E-state index in [9.17, 15) is 19.8 Å². The molecule has 1 aromatic carbocycles. The summed E-state index contributed by atoms with van der Waals surface area (Å²) in [5, 5.41) is 21.4. The van der Waals surface area contributed by atoms with Crippen LogP contribution in [0.15, 0.2) is 12.1 Å². The van der Waals surface area contributed by atoms with Crippen LogP contribution in [0.25, 0.3) is 0 Å². The summed E-state index contributed by atoms with van der Waals surface area (Å²) in [7, 11) is 2.40. The molecule has 8 heteroatoms. The van der Waals surface area contributed by atoms with Gasteiger partial charge in [-0.15, -0.1) is 0 Å². The Kier molecular flexibility index (Phi) is 9.81. The molecule has 18 heavy (non-hydrogen) atoms. The maximum absolute atomic E-state index is 10.7. The summed E-state index contributed by atoms with van der Waals surface area (Å²) in [5.41, 5.74) is -0.575. The SMILES string of the molecule is COc1c(C(=O)[O-])ccc(C(=O)[O-])c1OC.[Na+].[Na+]. The van der Waals surface area contributed by atoms with Gasteiger partial charge in [-0.3, -0.25) is 0 Å². The third-order valence-corrected chi connectivity index (χ3v) is 1.96. The van der Waals surface area contributed by atoms with Crippen LogP contribution in [-0.2, 0) is 0 Å². The van der Waals surface area contributed by atoms with Crippen molar-refractivity contribution < 1.29 is 88.4 Å². The van der Waals surface area contributed by atoms with Gasteiger partial charge in [0.1, 0.15) is 0 Å². The Morgan fingerprint density at radius 2 is 1.17 bits per heavy atom. The molecule has 0 radical (unpaired) electrons. The van der Waals surface area contributed by atoms with E-state index in [0.29, 0.717) is 0 Å². The monoisotopic (exact) mass is 270 g/mol. The zero-order valence-corrected chi connectivity index (χ0v) is 14.6.